The predicted octanol–water partition coefficient (Wildman–Crippen LogP) is 4.27. The van der Waals surface area contributed by atoms with E-state index in [1.807, 2.05) is 24.3 Å². The zero-order valence-electron chi connectivity index (χ0n) is 12.6. The van der Waals surface area contributed by atoms with Crippen LogP contribution in [0.4, 0.5) is 4.39 Å². The molecule has 0 radical (unpaired) electrons. The topological polar surface area (TPSA) is 37.6 Å². The van der Waals surface area contributed by atoms with Crippen LogP contribution in [-0.4, -0.2) is 16.5 Å². The molecule has 114 valence electrons. The van der Waals surface area contributed by atoms with Gasteiger partial charge >= 0.3 is 0 Å². The summed E-state index contributed by atoms with van der Waals surface area (Å²) in [4.78, 5) is 13.7. The zero-order valence-corrected chi connectivity index (χ0v) is 12.6. The molecule has 1 atom stereocenters. The highest BCUT2D eigenvalue weighted by Crippen LogP contribution is 2.35. The van der Waals surface area contributed by atoms with Gasteiger partial charge in [0.25, 0.3) is 0 Å². The molecule has 0 saturated carbocycles. The van der Waals surface area contributed by atoms with E-state index in [4.69, 9.17) is 9.98 Å². The maximum atomic E-state index is 13.2. The smallest absolute Gasteiger partial charge is 0.157 e. The van der Waals surface area contributed by atoms with E-state index in [1.165, 1.54) is 12.1 Å². The van der Waals surface area contributed by atoms with Gasteiger partial charge in [-0.1, -0.05) is 18.2 Å². The van der Waals surface area contributed by atoms with Crippen molar-refractivity contribution in [2.75, 3.05) is 0 Å². The third-order valence-electron chi connectivity index (χ3n) is 4.21. The quantitative estimate of drug-likeness (QED) is 0.816. The van der Waals surface area contributed by atoms with E-state index in [0.29, 0.717) is 5.84 Å². The van der Waals surface area contributed by atoms with Crippen molar-refractivity contribution in [3.05, 3.63) is 77.4 Å². The Bertz CT molecular complexity index is 804. The molecular formula is C19H16FN3. The number of fused-ring (bicyclic) bond motifs is 1. The van der Waals surface area contributed by atoms with E-state index >= 15 is 0 Å². The molecule has 1 unspecified atom stereocenters. The van der Waals surface area contributed by atoms with Crippen LogP contribution in [0.5, 0.6) is 0 Å². The molecule has 0 spiro atoms. The summed E-state index contributed by atoms with van der Waals surface area (Å²) in [7, 11) is 0. The zero-order chi connectivity index (χ0) is 15.6. The molecule has 3 nitrogen and oxygen atoms in total. The summed E-state index contributed by atoms with van der Waals surface area (Å²) in [6.45, 7) is 0. The first-order valence-corrected chi connectivity index (χ1v) is 7.83. The molecule has 0 bridgehead atoms. The normalized spacial score (nSPS) is 20.2. The van der Waals surface area contributed by atoms with Gasteiger partial charge in [-0.3, -0.25) is 9.98 Å². The summed E-state index contributed by atoms with van der Waals surface area (Å²) in [5.74, 6) is 0.481. The number of hydrogen-bond donors (Lipinski definition) is 0. The highest BCUT2D eigenvalue weighted by atomic mass is 19.1. The number of rotatable bonds is 2. The van der Waals surface area contributed by atoms with Crippen LogP contribution in [0.1, 0.15) is 36.4 Å². The Balaban J connectivity index is 1.82. The summed E-state index contributed by atoms with van der Waals surface area (Å²) < 4.78 is 13.2. The van der Waals surface area contributed by atoms with E-state index in [-0.39, 0.29) is 11.9 Å². The van der Waals surface area contributed by atoms with Gasteiger partial charge in [-0.2, -0.15) is 0 Å². The van der Waals surface area contributed by atoms with Crippen molar-refractivity contribution < 1.29 is 4.39 Å². The maximum Gasteiger partial charge on any atom is 0.157 e. The van der Waals surface area contributed by atoms with E-state index in [9.17, 15) is 4.39 Å². The summed E-state index contributed by atoms with van der Waals surface area (Å²) in [5, 5.41) is 0. The van der Waals surface area contributed by atoms with Gasteiger partial charge in [0, 0.05) is 23.7 Å². The first-order chi connectivity index (χ1) is 11.3. The molecule has 0 saturated heterocycles. The number of pyridine rings is 1. The van der Waals surface area contributed by atoms with Crippen molar-refractivity contribution in [2.24, 2.45) is 9.98 Å². The van der Waals surface area contributed by atoms with Gasteiger partial charge < -0.3 is 0 Å². The van der Waals surface area contributed by atoms with Gasteiger partial charge in [-0.05, 0) is 54.7 Å². The van der Waals surface area contributed by atoms with Crippen molar-refractivity contribution in [1.29, 1.82) is 0 Å². The van der Waals surface area contributed by atoms with E-state index in [1.54, 1.807) is 12.4 Å². The minimum Gasteiger partial charge on any atom is -0.264 e. The summed E-state index contributed by atoms with van der Waals surface area (Å²) in [5.41, 5.74) is 4.17. The molecule has 1 aromatic heterocycles. The molecule has 4 rings (SSSR count). The number of aromatic nitrogens is 1. The van der Waals surface area contributed by atoms with Crippen LogP contribution in [0.25, 0.3) is 0 Å². The number of aliphatic imine (C=N–C) groups is 2. The third-order valence-corrected chi connectivity index (χ3v) is 4.21. The Kier molecular flexibility index (Phi) is 3.58. The van der Waals surface area contributed by atoms with Gasteiger partial charge in [-0.15, -0.1) is 0 Å². The molecule has 4 heteroatoms. The molecule has 23 heavy (non-hydrogen) atoms. The molecule has 0 N–H and O–H groups in total. The molecule has 1 aromatic carbocycles. The molecule has 2 heterocycles. The number of allylic oxidation sites excluding steroid dienone is 1. The van der Waals surface area contributed by atoms with Gasteiger partial charge in [-0.25, -0.2) is 9.38 Å². The lowest BCUT2D eigenvalue weighted by Crippen LogP contribution is -2.21. The maximum absolute atomic E-state index is 13.2. The number of benzene rings is 1. The van der Waals surface area contributed by atoms with Crippen molar-refractivity contribution in [2.45, 2.75) is 25.3 Å². The second-order valence-corrected chi connectivity index (χ2v) is 5.76. The highest BCUT2D eigenvalue weighted by Gasteiger charge is 2.27. The van der Waals surface area contributed by atoms with Crippen LogP contribution in [0.2, 0.25) is 0 Å². The molecule has 1 aliphatic carbocycles. The first kappa shape index (κ1) is 14.0. The fourth-order valence-corrected chi connectivity index (χ4v) is 3.06. The van der Waals surface area contributed by atoms with Crippen molar-refractivity contribution in [1.82, 2.24) is 4.98 Å². The molecule has 2 aliphatic rings. The lowest BCUT2D eigenvalue weighted by molar-refractivity contribution is 0.626. The van der Waals surface area contributed by atoms with Crippen LogP contribution < -0.4 is 0 Å². The molecular weight excluding hydrogens is 289 g/mol. The van der Waals surface area contributed by atoms with E-state index in [2.05, 4.69) is 11.1 Å². The average molecular weight is 305 g/mol. The predicted molar refractivity (Wildman–Crippen MR) is 89.3 cm³/mol. The lowest BCUT2D eigenvalue weighted by atomic mass is 9.87. The van der Waals surface area contributed by atoms with Gasteiger partial charge in [0.1, 0.15) is 11.9 Å². The van der Waals surface area contributed by atoms with Gasteiger partial charge in [0.2, 0.25) is 0 Å². The first-order valence-electron chi connectivity index (χ1n) is 7.83. The van der Waals surface area contributed by atoms with E-state index in [0.717, 1.165) is 41.7 Å². The molecule has 1 aliphatic heterocycles. The fraction of sp³-hybridized carbons (Fsp3) is 0.211. The summed E-state index contributed by atoms with van der Waals surface area (Å²) in [6.07, 6.45) is 8.86. The molecule has 0 fully saturated rings. The van der Waals surface area contributed by atoms with Crippen molar-refractivity contribution in [3.8, 4) is 0 Å². The summed E-state index contributed by atoms with van der Waals surface area (Å²) >= 11 is 0. The van der Waals surface area contributed by atoms with Gasteiger partial charge in [0.05, 0.1) is 0 Å². The number of nitrogens with zero attached hydrogens (tertiary/aromatic N) is 3. The Hall–Kier alpha value is -2.62. The van der Waals surface area contributed by atoms with E-state index < -0.39 is 0 Å². The van der Waals surface area contributed by atoms with Crippen LogP contribution in [0.3, 0.4) is 0 Å². The SMILES string of the molecule is Fc1ccc(C2N=C(c3cccnc3)N=C3CCCC=C32)cc1. The Morgan fingerprint density at radius 1 is 1.09 bits per heavy atom. The van der Waals surface area contributed by atoms with Crippen LogP contribution in [-0.2, 0) is 0 Å². The standard InChI is InChI=1S/C19H16FN3/c20-15-9-7-13(8-10-15)18-16-5-1-2-6-17(16)22-19(23-18)14-4-3-11-21-12-14/h3-5,7-12,18H,1-2,6H2. The Morgan fingerprint density at radius 3 is 2.74 bits per heavy atom. The molecule has 0 amide bonds. The Labute approximate surface area is 134 Å². The minimum absolute atomic E-state index is 0.112. The van der Waals surface area contributed by atoms with Crippen LogP contribution >= 0.6 is 0 Å². The number of hydrogen-bond acceptors (Lipinski definition) is 3. The van der Waals surface area contributed by atoms with Gasteiger partial charge in [0.15, 0.2) is 5.84 Å². The monoisotopic (exact) mass is 305 g/mol. The van der Waals surface area contributed by atoms with Crippen molar-refractivity contribution >= 4 is 11.5 Å². The second kappa shape index (κ2) is 5.88. The largest absolute Gasteiger partial charge is 0.264 e. The lowest BCUT2D eigenvalue weighted by Gasteiger charge is -2.26. The molecule has 2 aromatic rings. The fourth-order valence-electron chi connectivity index (χ4n) is 3.06. The number of amidine groups is 1. The van der Waals surface area contributed by atoms with Crippen LogP contribution in [0, 0.1) is 5.82 Å². The highest BCUT2D eigenvalue weighted by molar-refractivity contribution is 6.15. The van der Waals surface area contributed by atoms with Crippen molar-refractivity contribution in [3.63, 3.8) is 0 Å². The summed E-state index contributed by atoms with van der Waals surface area (Å²) in [6, 6.07) is 10.3. The third kappa shape index (κ3) is 2.72. The van der Waals surface area contributed by atoms with Crippen LogP contribution in [0.15, 0.2) is 70.4 Å². The number of halogens is 1. The second-order valence-electron chi connectivity index (χ2n) is 5.76. The average Bonchev–Trinajstić information content (AvgIpc) is 2.62. The Morgan fingerprint density at radius 2 is 1.96 bits per heavy atom. The minimum atomic E-state index is -0.229.